The van der Waals surface area contributed by atoms with E-state index in [9.17, 15) is 9.18 Å². The van der Waals surface area contributed by atoms with Crippen LogP contribution in [0.3, 0.4) is 0 Å². The highest BCUT2D eigenvalue weighted by Gasteiger charge is 2.11. The number of hydrogen-bond donors (Lipinski definition) is 1. The van der Waals surface area contributed by atoms with Crippen molar-refractivity contribution in [2.75, 3.05) is 0 Å². The highest BCUT2D eigenvalue weighted by atomic mass is 35.5. The molecule has 1 aromatic rings. The minimum absolute atomic E-state index is 0.175. The van der Waals surface area contributed by atoms with Gasteiger partial charge in [0.1, 0.15) is 23.2 Å². The smallest absolute Gasteiger partial charge is 0.339 e. The van der Waals surface area contributed by atoms with Crippen LogP contribution in [0.1, 0.15) is 10.4 Å². The molecule has 0 aliphatic carbocycles. The van der Waals surface area contributed by atoms with Gasteiger partial charge in [-0.1, -0.05) is 0 Å². The van der Waals surface area contributed by atoms with Crippen LogP contribution in [-0.2, 0) is 0 Å². The molecule has 1 N–H and O–H groups in total. The average molecular weight is 191 g/mol. The Kier molecular flexibility index (Phi) is 2.50. The normalized spacial score (nSPS) is 9.50. The zero-order chi connectivity index (χ0) is 9.14. The van der Waals surface area contributed by atoms with E-state index in [-0.39, 0.29) is 11.3 Å². The number of aromatic carboxylic acids is 1. The van der Waals surface area contributed by atoms with Crippen LogP contribution in [0.5, 0.6) is 5.75 Å². The van der Waals surface area contributed by atoms with Crippen molar-refractivity contribution in [1.82, 2.24) is 0 Å². The molecule has 0 saturated heterocycles. The van der Waals surface area contributed by atoms with Crippen molar-refractivity contribution < 1.29 is 18.6 Å². The van der Waals surface area contributed by atoms with Gasteiger partial charge in [0, 0.05) is 6.07 Å². The minimum atomic E-state index is -1.22. The number of carboxylic acid groups (broad SMARTS) is 1. The summed E-state index contributed by atoms with van der Waals surface area (Å²) in [6, 6.07) is 2.99. The van der Waals surface area contributed by atoms with Crippen LogP contribution < -0.4 is 4.29 Å². The lowest BCUT2D eigenvalue weighted by atomic mass is 10.2. The van der Waals surface area contributed by atoms with E-state index in [0.717, 1.165) is 18.2 Å². The third kappa shape index (κ3) is 1.65. The molecule has 1 rings (SSSR count). The fraction of sp³-hybridized carbons (Fsp3) is 0. The molecule has 12 heavy (non-hydrogen) atoms. The molecule has 5 heteroatoms. The summed E-state index contributed by atoms with van der Waals surface area (Å²) in [6.07, 6.45) is 0. The Balaban J connectivity index is 3.20. The van der Waals surface area contributed by atoms with Crippen LogP contribution in [0.2, 0.25) is 0 Å². The zero-order valence-electron chi connectivity index (χ0n) is 5.75. The Labute approximate surface area is 72.5 Å². The SMILES string of the molecule is O=C(O)c1ccc(F)cc1OCl. The average Bonchev–Trinajstić information content (AvgIpc) is 2.03. The third-order valence-corrected chi connectivity index (χ3v) is 1.42. The van der Waals surface area contributed by atoms with Gasteiger partial charge in [-0.2, -0.15) is 0 Å². The monoisotopic (exact) mass is 190 g/mol. The highest BCUT2D eigenvalue weighted by Crippen LogP contribution is 2.20. The lowest BCUT2D eigenvalue weighted by Crippen LogP contribution is -1.98. The maximum absolute atomic E-state index is 12.5. The number of halogens is 2. The molecule has 0 amide bonds. The van der Waals surface area contributed by atoms with E-state index in [0.29, 0.717) is 0 Å². The zero-order valence-corrected chi connectivity index (χ0v) is 6.51. The van der Waals surface area contributed by atoms with Gasteiger partial charge < -0.3 is 9.40 Å². The van der Waals surface area contributed by atoms with E-state index in [2.05, 4.69) is 4.29 Å². The first-order valence-corrected chi connectivity index (χ1v) is 3.27. The first kappa shape index (κ1) is 8.80. The van der Waals surface area contributed by atoms with Crippen LogP contribution >= 0.6 is 11.9 Å². The molecular formula is C7H4ClFO3. The van der Waals surface area contributed by atoms with Gasteiger partial charge in [-0.25, -0.2) is 9.18 Å². The second kappa shape index (κ2) is 3.40. The maximum Gasteiger partial charge on any atom is 0.339 e. The van der Waals surface area contributed by atoms with Crippen molar-refractivity contribution in [3.8, 4) is 5.75 Å². The van der Waals surface area contributed by atoms with Gasteiger partial charge in [0.15, 0.2) is 5.75 Å². The Morgan fingerprint density at radius 2 is 2.25 bits per heavy atom. The molecule has 0 atom stereocenters. The van der Waals surface area contributed by atoms with Crippen molar-refractivity contribution in [2.24, 2.45) is 0 Å². The Morgan fingerprint density at radius 3 is 2.75 bits per heavy atom. The highest BCUT2D eigenvalue weighted by molar-refractivity contribution is 6.09. The predicted molar refractivity (Wildman–Crippen MR) is 39.8 cm³/mol. The van der Waals surface area contributed by atoms with Crippen molar-refractivity contribution >= 4 is 17.8 Å². The quantitative estimate of drug-likeness (QED) is 0.777. The summed E-state index contributed by atoms with van der Waals surface area (Å²) in [4.78, 5) is 10.4. The molecule has 0 aromatic heterocycles. The number of benzene rings is 1. The number of carboxylic acids is 1. The van der Waals surface area contributed by atoms with Gasteiger partial charge >= 0.3 is 5.97 Å². The fourth-order valence-corrected chi connectivity index (χ4v) is 0.864. The summed E-state index contributed by atoms with van der Waals surface area (Å²) >= 11 is 4.92. The third-order valence-electron chi connectivity index (χ3n) is 1.26. The van der Waals surface area contributed by atoms with Gasteiger partial charge in [-0.3, -0.25) is 0 Å². The van der Waals surface area contributed by atoms with Crippen LogP contribution in [0.15, 0.2) is 18.2 Å². The summed E-state index contributed by atoms with van der Waals surface area (Å²) < 4.78 is 16.6. The maximum atomic E-state index is 12.5. The fourth-order valence-electron chi connectivity index (χ4n) is 0.737. The van der Waals surface area contributed by atoms with Crippen LogP contribution in [0.4, 0.5) is 4.39 Å². The van der Waals surface area contributed by atoms with Crippen LogP contribution in [0.25, 0.3) is 0 Å². The molecule has 3 nitrogen and oxygen atoms in total. The summed E-state index contributed by atoms with van der Waals surface area (Å²) in [5.74, 6) is -2.02. The molecular weight excluding hydrogens is 187 g/mol. The molecule has 0 unspecified atom stereocenters. The molecule has 0 aliphatic heterocycles. The number of rotatable bonds is 2. The van der Waals surface area contributed by atoms with Gasteiger partial charge in [0.05, 0.1) is 0 Å². The van der Waals surface area contributed by atoms with E-state index in [1.807, 2.05) is 0 Å². The topological polar surface area (TPSA) is 46.5 Å². The van der Waals surface area contributed by atoms with Crippen molar-refractivity contribution in [1.29, 1.82) is 0 Å². The van der Waals surface area contributed by atoms with Crippen molar-refractivity contribution in [3.63, 3.8) is 0 Å². The molecule has 0 radical (unpaired) electrons. The summed E-state index contributed by atoms with van der Waals surface area (Å²) in [5, 5.41) is 8.53. The second-order valence-electron chi connectivity index (χ2n) is 2.02. The van der Waals surface area contributed by atoms with E-state index < -0.39 is 11.8 Å². The van der Waals surface area contributed by atoms with Gasteiger partial charge in [0.2, 0.25) is 0 Å². The first-order valence-electron chi connectivity index (χ1n) is 2.96. The molecule has 0 saturated carbocycles. The molecule has 64 valence electrons. The van der Waals surface area contributed by atoms with E-state index in [1.54, 1.807) is 0 Å². The van der Waals surface area contributed by atoms with Crippen molar-refractivity contribution in [3.05, 3.63) is 29.6 Å². The molecule has 0 bridgehead atoms. The van der Waals surface area contributed by atoms with Gasteiger partial charge in [-0.05, 0) is 12.1 Å². The number of hydrogen-bond acceptors (Lipinski definition) is 2. The molecule has 0 heterocycles. The van der Waals surface area contributed by atoms with Crippen LogP contribution in [-0.4, -0.2) is 11.1 Å². The van der Waals surface area contributed by atoms with Crippen LogP contribution in [0, 0.1) is 5.82 Å². The first-order chi connectivity index (χ1) is 5.65. The molecule has 0 spiro atoms. The van der Waals surface area contributed by atoms with E-state index in [4.69, 9.17) is 17.0 Å². The lowest BCUT2D eigenvalue weighted by Gasteiger charge is -2.00. The Bertz CT molecular complexity index is 314. The van der Waals surface area contributed by atoms with Gasteiger partial charge in [-0.15, -0.1) is 0 Å². The standard InChI is InChI=1S/C7H4ClFO3/c8-12-6-3-4(9)1-2-5(6)7(10)11/h1-3H,(H,10,11). The molecule has 1 aromatic carbocycles. The summed E-state index contributed by atoms with van der Waals surface area (Å²) in [6.45, 7) is 0. The van der Waals surface area contributed by atoms with E-state index >= 15 is 0 Å². The van der Waals surface area contributed by atoms with Crippen molar-refractivity contribution in [2.45, 2.75) is 0 Å². The number of carbonyl (C=O) groups is 1. The largest absolute Gasteiger partial charge is 0.478 e. The summed E-state index contributed by atoms with van der Waals surface area (Å²) in [7, 11) is 0. The Morgan fingerprint density at radius 1 is 1.58 bits per heavy atom. The van der Waals surface area contributed by atoms with E-state index in [1.165, 1.54) is 0 Å². The minimum Gasteiger partial charge on any atom is -0.478 e. The lowest BCUT2D eigenvalue weighted by molar-refractivity contribution is 0.0695. The molecule has 0 fully saturated rings. The Hall–Kier alpha value is -1.29. The predicted octanol–water partition coefficient (Wildman–Crippen LogP) is 2.06. The summed E-state index contributed by atoms with van der Waals surface area (Å²) in [5.41, 5.74) is -0.175. The second-order valence-corrected chi connectivity index (χ2v) is 2.18. The molecule has 0 aliphatic rings. The van der Waals surface area contributed by atoms with Gasteiger partial charge in [0.25, 0.3) is 0 Å².